The summed E-state index contributed by atoms with van der Waals surface area (Å²) in [6.45, 7) is 4.35. The topological polar surface area (TPSA) is 50.4 Å². The van der Waals surface area contributed by atoms with Gasteiger partial charge in [0.1, 0.15) is 5.75 Å². The van der Waals surface area contributed by atoms with Gasteiger partial charge in [0.15, 0.2) is 0 Å². The smallest absolute Gasteiger partial charge is 0.223 e. The van der Waals surface area contributed by atoms with Gasteiger partial charge in [-0.25, -0.2) is 0 Å². The summed E-state index contributed by atoms with van der Waals surface area (Å²) in [5.41, 5.74) is 1.17. The lowest BCUT2D eigenvalue weighted by Gasteiger charge is -2.23. The van der Waals surface area contributed by atoms with Crippen molar-refractivity contribution in [1.29, 1.82) is 0 Å². The molecule has 1 saturated heterocycles. The van der Waals surface area contributed by atoms with Crippen molar-refractivity contribution in [3.8, 4) is 5.75 Å². The molecule has 5 heteroatoms. The van der Waals surface area contributed by atoms with Crippen LogP contribution >= 0.6 is 15.9 Å². The van der Waals surface area contributed by atoms with Crippen LogP contribution in [0, 0.1) is 6.92 Å². The molecule has 0 spiro atoms. The van der Waals surface area contributed by atoms with Crippen molar-refractivity contribution < 1.29 is 9.53 Å². The molecule has 4 nitrogen and oxygen atoms in total. The van der Waals surface area contributed by atoms with E-state index in [0.29, 0.717) is 13.0 Å². The van der Waals surface area contributed by atoms with E-state index >= 15 is 0 Å². The molecule has 1 atom stereocenters. The maximum Gasteiger partial charge on any atom is 0.223 e. The lowest BCUT2D eigenvalue weighted by molar-refractivity contribution is -0.122. The van der Waals surface area contributed by atoms with Crippen LogP contribution in [-0.2, 0) is 4.79 Å². The largest absolute Gasteiger partial charge is 0.492 e. The quantitative estimate of drug-likeness (QED) is 0.865. The van der Waals surface area contributed by atoms with Crippen LogP contribution in [0.25, 0.3) is 0 Å². The second-order valence-electron chi connectivity index (χ2n) is 5.14. The first-order chi connectivity index (χ1) is 9.65. The lowest BCUT2D eigenvalue weighted by Crippen LogP contribution is -2.45. The first-order valence-electron chi connectivity index (χ1n) is 7.04. The van der Waals surface area contributed by atoms with Crippen LogP contribution in [0.15, 0.2) is 22.7 Å². The maximum absolute atomic E-state index is 11.8. The number of carbonyl (C=O) groups excluding carboxylic acids is 1. The van der Waals surface area contributed by atoms with E-state index in [4.69, 9.17) is 4.74 Å². The predicted molar refractivity (Wildman–Crippen MR) is 83.0 cm³/mol. The van der Waals surface area contributed by atoms with Gasteiger partial charge in [-0.2, -0.15) is 0 Å². The molecule has 1 aliphatic rings. The summed E-state index contributed by atoms with van der Waals surface area (Å²) in [6, 6.07) is 6.18. The number of hydrogen-bond acceptors (Lipinski definition) is 3. The molecule has 1 heterocycles. The Morgan fingerprint density at radius 3 is 3.10 bits per heavy atom. The number of halogens is 1. The van der Waals surface area contributed by atoms with Gasteiger partial charge in [-0.1, -0.05) is 6.07 Å². The van der Waals surface area contributed by atoms with Gasteiger partial charge < -0.3 is 15.4 Å². The van der Waals surface area contributed by atoms with Gasteiger partial charge in [-0.15, -0.1) is 0 Å². The molecule has 110 valence electrons. The predicted octanol–water partition coefficient (Wildman–Crippen LogP) is 2.39. The van der Waals surface area contributed by atoms with E-state index in [0.717, 1.165) is 36.2 Å². The van der Waals surface area contributed by atoms with Crippen molar-refractivity contribution >= 4 is 21.8 Å². The Labute approximate surface area is 128 Å². The van der Waals surface area contributed by atoms with Gasteiger partial charge in [0.25, 0.3) is 0 Å². The molecule has 1 aromatic carbocycles. The van der Waals surface area contributed by atoms with Crippen LogP contribution in [0.4, 0.5) is 0 Å². The third-order valence-electron chi connectivity index (χ3n) is 3.34. The first-order valence-corrected chi connectivity index (χ1v) is 7.83. The Morgan fingerprint density at radius 1 is 1.55 bits per heavy atom. The fraction of sp³-hybridized carbons (Fsp3) is 0.533. The standard InChI is InChI=1S/C15H21BrN2O2/c1-11-4-5-14(13(16)9-11)20-8-6-15(19)18-12-3-2-7-17-10-12/h4-5,9,12,17H,2-3,6-8,10H2,1H3,(H,18,19)/t12-/m0/s1. The lowest BCUT2D eigenvalue weighted by atomic mass is 10.1. The van der Waals surface area contributed by atoms with Gasteiger partial charge in [-0.05, 0) is 59.9 Å². The third-order valence-corrected chi connectivity index (χ3v) is 3.96. The van der Waals surface area contributed by atoms with Crippen molar-refractivity contribution in [3.05, 3.63) is 28.2 Å². The molecule has 0 unspecified atom stereocenters. The van der Waals surface area contributed by atoms with E-state index in [1.54, 1.807) is 0 Å². The zero-order chi connectivity index (χ0) is 14.4. The fourth-order valence-corrected chi connectivity index (χ4v) is 2.86. The van der Waals surface area contributed by atoms with Gasteiger partial charge in [0, 0.05) is 12.6 Å². The van der Waals surface area contributed by atoms with Crippen LogP contribution in [-0.4, -0.2) is 31.6 Å². The molecular formula is C15H21BrN2O2. The molecule has 2 N–H and O–H groups in total. The van der Waals surface area contributed by atoms with Gasteiger partial charge >= 0.3 is 0 Å². The maximum atomic E-state index is 11.8. The minimum Gasteiger partial charge on any atom is -0.492 e. The molecule has 0 bridgehead atoms. The second-order valence-corrected chi connectivity index (χ2v) is 6.00. The molecule has 1 aromatic rings. The monoisotopic (exact) mass is 340 g/mol. The second kappa shape index (κ2) is 7.64. The molecule has 20 heavy (non-hydrogen) atoms. The van der Waals surface area contributed by atoms with E-state index in [9.17, 15) is 4.79 Å². The van der Waals surface area contributed by atoms with Crippen LogP contribution in [0.2, 0.25) is 0 Å². The molecular weight excluding hydrogens is 320 g/mol. The number of piperidine rings is 1. The van der Waals surface area contributed by atoms with Crippen LogP contribution in [0.3, 0.4) is 0 Å². The summed E-state index contributed by atoms with van der Waals surface area (Å²) in [6.07, 6.45) is 2.57. The van der Waals surface area contributed by atoms with E-state index in [-0.39, 0.29) is 11.9 Å². The number of carbonyl (C=O) groups is 1. The molecule has 0 saturated carbocycles. The summed E-state index contributed by atoms with van der Waals surface area (Å²) in [4.78, 5) is 11.8. The first kappa shape index (κ1) is 15.3. The number of amides is 1. The molecule has 1 amide bonds. The summed E-state index contributed by atoms with van der Waals surface area (Å²) in [5, 5.41) is 6.32. The molecule has 1 aliphatic heterocycles. The van der Waals surface area contributed by atoms with Crippen molar-refractivity contribution in [2.24, 2.45) is 0 Å². The molecule has 2 rings (SSSR count). The van der Waals surface area contributed by atoms with Crippen molar-refractivity contribution in [3.63, 3.8) is 0 Å². The highest BCUT2D eigenvalue weighted by Gasteiger charge is 2.15. The van der Waals surface area contributed by atoms with Crippen molar-refractivity contribution in [2.45, 2.75) is 32.2 Å². The van der Waals surface area contributed by atoms with E-state index < -0.39 is 0 Å². The molecule has 0 radical (unpaired) electrons. The normalized spacial score (nSPS) is 18.6. The zero-order valence-corrected chi connectivity index (χ0v) is 13.3. The van der Waals surface area contributed by atoms with Crippen LogP contribution < -0.4 is 15.4 Å². The average molecular weight is 341 g/mol. The highest BCUT2D eigenvalue weighted by Crippen LogP contribution is 2.25. The summed E-state index contributed by atoms with van der Waals surface area (Å²) >= 11 is 3.46. The fourth-order valence-electron chi connectivity index (χ4n) is 2.25. The van der Waals surface area contributed by atoms with E-state index in [1.165, 1.54) is 5.56 Å². The average Bonchev–Trinajstić information content (AvgIpc) is 2.42. The molecule has 0 aliphatic carbocycles. The highest BCUT2D eigenvalue weighted by molar-refractivity contribution is 9.10. The Morgan fingerprint density at radius 2 is 2.40 bits per heavy atom. The number of ether oxygens (including phenoxy) is 1. The van der Waals surface area contributed by atoms with Gasteiger partial charge in [0.05, 0.1) is 17.5 Å². The molecule has 0 aromatic heterocycles. The summed E-state index contributed by atoms with van der Waals surface area (Å²) in [7, 11) is 0. The van der Waals surface area contributed by atoms with Gasteiger partial charge in [-0.3, -0.25) is 4.79 Å². The highest BCUT2D eigenvalue weighted by atomic mass is 79.9. The SMILES string of the molecule is Cc1ccc(OCCC(=O)N[C@H]2CCCNC2)c(Br)c1. The van der Waals surface area contributed by atoms with Crippen LogP contribution in [0.1, 0.15) is 24.8 Å². The summed E-state index contributed by atoms with van der Waals surface area (Å²) < 4.78 is 6.55. The number of rotatable bonds is 5. The summed E-state index contributed by atoms with van der Waals surface area (Å²) in [5.74, 6) is 0.838. The van der Waals surface area contributed by atoms with Crippen LogP contribution in [0.5, 0.6) is 5.75 Å². The van der Waals surface area contributed by atoms with E-state index in [1.807, 2.05) is 25.1 Å². The minimum absolute atomic E-state index is 0.0573. The Kier molecular flexibility index (Phi) is 5.86. The Hall–Kier alpha value is -1.07. The van der Waals surface area contributed by atoms with E-state index in [2.05, 4.69) is 26.6 Å². The Balaban J connectivity index is 1.70. The van der Waals surface area contributed by atoms with Gasteiger partial charge in [0.2, 0.25) is 5.91 Å². The number of nitrogens with one attached hydrogen (secondary N) is 2. The zero-order valence-electron chi connectivity index (χ0n) is 11.7. The molecule has 1 fully saturated rings. The Bertz CT molecular complexity index is 459. The van der Waals surface area contributed by atoms with Crippen molar-refractivity contribution in [2.75, 3.05) is 19.7 Å². The third kappa shape index (κ3) is 4.80. The minimum atomic E-state index is 0.0573. The van der Waals surface area contributed by atoms with Crippen molar-refractivity contribution in [1.82, 2.24) is 10.6 Å². The number of hydrogen-bond donors (Lipinski definition) is 2. The number of benzene rings is 1. The number of aryl methyl sites for hydroxylation is 1.